The van der Waals surface area contributed by atoms with Gasteiger partial charge in [-0.1, -0.05) is 6.92 Å². The molecule has 1 aromatic heterocycles. The van der Waals surface area contributed by atoms with Crippen LogP contribution in [0.4, 0.5) is 0 Å². The fraction of sp³-hybridized carbons (Fsp3) is 0.692. The lowest BCUT2D eigenvalue weighted by atomic mass is 9.77. The predicted octanol–water partition coefficient (Wildman–Crippen LogP) is 0.816. The molecule has 1 aliphatic rings. The highest BCUT2D eigenvalue weighted by molar-refractivity contribution is 5.83. The van der Waals surface area contributed by atoms with Crippen molar-refractivity contribution in [2.75, 3.05) is 13.1 Å². The Morgan fingerprint density at radius 1 is 1.67 bits per heavy atom. The smallest absolute Gasteiger partial charge is 0.227 e. The molecule has 18 heavy (non-hydrogen) atoms. The fourth-order valence-corrected chi connectivity index (χ4v) is 2.56. The Labute approximate surface area is 108 Å². The second-order valence-corrected chi connectivity index (χ2v) is 5.12. The molecule has 5 nitrogen and oxygen atoms in total. The maximum Gasteiger partial charge on any atom is 0.227 e. The first-order valence-corrected chi connectivity index (χ1v) is 6.63. The van der Waals surface area contributed by atoms with Crippen molar-refractivity contribution >= 4 is 5.91 Å². The molecule has 0 aliphatic carbocycles. The van der Waals surface area contributed by atoms with Crippen LogP contribution in [0, 0.1) is 5.41 Å². The number of amides is 1. The Balaban J connectivity index is 1.93. The molecule has 1 saturated heterocycles. The lowest BCUT2D eigenvalue weighted by Crippen LogP contribution is -2.49. The van der Waals surface area contributed by atoms with Crippen LogP contribution in [-0.4, -0.2) is 28.8 Å². The molecular weight excluding hydrogens is 228 g/mol. The van der Waals surface area contributed by atoms with E-state index in [1.165, 1.54) is 0 Å². The van der Waals surface area contributed by atoms with Crippen molar-refractivity contribution in [1.29, 1.82) is 0 Å². The zero-order valence-electron chi connectivity index (χ0n) is 11.2. The Morgan fingerprint density at radius 2 is 2.50 bits per heavy atom. The van der Waals surface area contributed by atoms with Crippen molar-refractivity contribution in [3.63, 3.8) is 0 Å². The van der Waals surface area contributed by atoms with Crippen LogP contribution in [-0.2, 0) is 18.4 Å². The number of hydrogen-bond donors (Lipinski definition) is 2. The summed E-state index contributed by atoms with van der Waals surface area (Å²) in [5.41, 5.74) is 0.821. The van der Waals surface area contributed by atoms with E-state index in [-0.39, 0.29) is 11.3 Å². The van der Waals surface area contributed by atoms with E-state index in [9.17, 15) is 4.79 Å². The standard InChI is InChI=1S/C13H22N4O/c1-3-13(5-4-6-14-10-13)12(18)15-7-11-8-16-17(2)9-11/h8-9,14H,3-7,10H2,1-2H3,(H,15,18). The lowest BCUT2D eigenvalue weighted by Gasteiger charge is -2.35. The Morgan fingerprint density at radius 3 is 3.06 bits per heavy atom. The van der Waals surface area contributed by atoms with Gasteiger partial charge in [-0.05, 0) is 25.8 Å². The molecule has 1 aliphatic heterocycles. The summed E-state index contributed by atoms with van der Waals surface area (Å²) in [7, 11) is 1.88. The highest BCUT2D eigenvalue weighted by atomic mass is 16.2. The van der Waals surface area contributed by atoms with Gasteiger partial charge in [-0.2, -0.15) is 5.10 Å². The van der Waals surface area contributed by atoms with Gasteiger partial charge >= 0.3 is 0 Å². The normalized spacial score (nSPS) is 23.9. The monoisotopic (exact) mass is 250 g/mol. The molecule has 5 heteroatoms. The second kappa shape index (κ2) is 5.52. The maximum atomic E-state index is 12.4. The summed E-state index contributed by atoms with van der Waals surface area (Å²) in [6, 6.07) is 0. The third kappa shape index (κ3) is 2.72. The van der Waals surface area contributed by atoms with Gasteiger partial charge in [0.25, 0.3) is 0 Å². The number of carbonyl (C=O) groups is 1. The van der Waals surface area contributed by atoms with Crippen LogP contribution in [0.2, 0.25) is 0 Å². The SMILES string of the molecule is CCC1(C(=O)NCc2cnn(C)c2)CCCNC1. The van der Waals surface area contributed by atoms with E-state index >= 15 is 0 Å². The van der Waals surface area contributed by atoms with Gasteiger partial charge in [-0.15, -0.1) is 0 Å². The number of aromatic nitrogens is 2. The van der Waals surface area contributed by atoms with Crippen molar-refractivity contribution < 1.29 is 4.79 Å². The van der Waals surface area contributed by atoms with Gasteiger partial charge in [0.05, 0.1) is 11.6 Å². The predicted molar refractivity (Wildman–Crippen MR) is 69.9 cm³/mol. The number of nitrogens with zero attached hydrogens (tertiary/aromatic N) is 2. The topological polar surface area (TPSA) is 59.0 Å². The summed E-state index contributed by atoms with van der Waals surface area (Å²) in [6.45, 7) is 4.48. The van der Waals surface area contributed by atoms with Crippen LogP contribution >= 0.6 is 0 Å². The van der Waals surface area contributed by atoms with E-state index in [0.29, 0.717) is 6.54 Å². The quantitative estimate of drug-likeness (QED) is 0.831. The summed E-state index contributed by atoms with van der Waals surface area (Å²) in [4.78, 5) is 12.4. The molecule has 1 unspecified atom stereocenters. The average molecular weight is 250 g/mol. The molecule has 1 atom stereocenters. The summed E-state index contributed by atoms with van der Waals surface area (Å²) in [6.07, 6.45) is 6.67. The molecule has 1 amide bonds. The van der Waals surface area contributed by atoms with E-state index < -0.39 is 0 Å². The first kappa shape index (κ1) is 13.1. The van der Waals surface area contributed by atoms with Crippen molar-refractivity contribution in [3.05, 3.63) is 18.0 Å². The summed E-state index contributed by atoms with van der Waals surface area (Å²) in [5, 5.41) is 10.5. The number of nitrogens with one attached hydrogen (secondary N) is 2. The Kier molecular flexibility index (Phi) is 4.01. The van der Waals surface area contributed by atoms with Crippen LogP contribution in [0.5, 0.6) is 0 Å². The molecule has 1 fully saturated rings. The Hall–Kier alpha value is -1.36. The fourth-order valence-electron chi connectivity index (χ4n) is 2.56. The number of piperidine rings is 1. The van der Waals surface area contributed by atoms with Gasteiger partial charge in [-0.25, -0.2) is 0 Å². The van der Waals surface area contributed by atoms with Crippen molar-refractivity contribution in [2.45, 2.75) is 32.7 Å². The molecule has 0 bridgehead atoms. The van der Waals surface area contributed by atoms with Crippen molar-refractivity contribution in [2.24, 2.45) is 12.5 Å². The largest absolute Gasteiger partial charge is 0.351 e. The van der Waals surface area contributed by atoms with Crippen LogP contribution in [0.25, 0.3) is 0 Å². The summed E-state index contributed by atoms with van der Waals surface area (Å²) >= 11 is 0. The molecule has 2 heterocycles. The van der Waals surface area contributed by atoms with Crippen LogP contribution in [0.3, 0.4) is 0 Å². The molecule has 0 spiro atoms. The minimum atomic E-state index is -0.222. The van der Waals surface area contributed by atoms with Crippen LogP contribution < -0.4 is 10.6 Å². The molecule has 2 rings (SSSR count). The van der Waals surface area contributed by atoms with Gasteiger partial charge in [0, 0.05) is 31.9 Å². The maximum absolute atomic E-state index is 12.4. The van der Waals surface area contributed by atoms with E-state index in [1.807, 2.05) is 13.2 Å². The average Bonchev–Trinajstić information content (AvgIpc) is 2.82. The lowest BCUT2D eigenvalue weighted by molar-refractivity contribution is -0.132. The van der Waals surface area contributed by atoms with Crippen LogP contribution in [0.1, 0.15) is 31.7 Å². The Bertz CT molecular complexity index is 407. The zero-order chi connectivity index (χ0) is 13.0. The number of rotatable bonds is 4. The molecule has 1 aromatic rings. The summed E-state index contributed by atoms with van der Waals surface area (Å²) in [5.74, 6) is 0.168. The van der Waals surface area contributed by atoms with Crippen molar-refractivity contribution in [1.82, 2.24) is 20.4 Å². The number of aryl methyl sites for hydroxylation is 1. The minimum absolute atomic E-state index is 0.168. The third-order valence-corrected chi connectivity index (χ3v) is 3.84. The van der Waals surface area contributed by atoms with E-state index in [1.54, 1.807) is 10.9 Å². The molecule has 100 valence electrons. The molecule has 2 N–H and O–H groups in total. The first-order valence-electron chi connectivity index (χ1n) is 6.63. The van der Waals surface area contributed by atoms with Crippen molar-refractivity contribution in [3.8, 4) is 0 Å². The van der Waals surface area contributed by atoms with Gasteiger partial charge in [0.2, 0.25) is 5.91 Å². The van der Waals surface area contributed by atoms with Gasteiger partial charge < -0.3 is 10.6 Å². The molecule has 0 aromatic carbocycles. The first-order chi connectivity index (χ1) is 8.66. The second-order valence-electron chi connectivity index (χ2n) is 5.12. The molecule has 0 radical (unpaired) electrons. The zero-order valence-corrected chi connectivity index (χ0v) is 11.2. The number of carbonyl (C=O) groups excluding carboxylic acids is 1. The van der Waals surface area contributed by atoms with E-state index in [2.05, 4.69) is 22.7 Å². The van der Waals surface area contributed by atoms with Gasteiger partial charge in [0.15, 0.2) is 0 Å². The van der Waals surface area contributed by atoms with Gasteiger partial charge in [-0.3, -0.25) is 9.48 Å². The van der Waals surface area contributed by atoms with E-state index in [4.69, 9.17) is 0 Å². The highest BCUT2D eigenvalue weighted by Gasteiger charge is 2.37. The molecule has 0 saturated carbocycles. The highest BCUT2D eigenvalue weighted by Crippen LogP contribution is 2.30. The van der Waals surface area contributed by atoms with E-state index in [0.717, 1.165) is 37.9 Å². The minimum Gasteiger partial charge on any atom is -0.351 e. The third-order valence-electron chi connectivity index (χ3n) is 3.84. The van der Waals surface area contributed by atoms with Crippen LogP contribution in [0.15, 0.2) is 12.4 Å². The summed E-state index contributed by atoms with van der Waals surface area (Å²) < 4.78 is 1.75. The number of hydrogen-bond acceptors (Lipinski definition) is 3. The van der Waals surface area contributed by atoms with Gasteiger partial charge in [0.1, 0.15) is 0 Å². The molecular formula is C13H22N4O.